The maximum absolute atomic E-state index is 13.7. The average Bonchev–Trinajstić information content (AvgIpc) is 3.35. The Morgan fingerprint density at radius 3 is 2.73 bits per heavy atom. The van der Waals surface area contributed by atoms with Gasteiger partial charge in [-0.05, 0) is 50.3 Å². The lowest BCUT2D eigenvalue weighted by atomic mass is 9.78. The fraction of sp³-hybridized carbons (Fsp3) is 0.519. The molecule has 1 aliphatic heterocycles. The maximum Gasteiger partial charge on any atom is 0.308 e. The van der Waals surface area contributed by atoms with E-state index >= 15 is 0 Å². The molecule has 3 aromatic rings. The normalized spacial score (nSPS) is 22.1. The van der Waals surface area contributed by atoms with Crippen LogP contribution in [0.2, 0.25) is 0 Å². The number of rotatable bonds is 8. The number of nitrogens with one attached hydrogen (secondary N) is 1. The molecule has 0 radical (unpaired) electrons. The van der Waals surface area contributed by atoms with Crippen molar-refractivity contribution in [2.45, 2.75) is 45.2 Å². The van der Waals surface area contributed by atoms with Crippen molar-refractivity contribution in [2.24, 2.45) is 11.8 Å². The first-order valence-corrected chi connectivity index (χ1v) is 13.1. The number of nitrogens with zero attached hydrogens (tertiary/aromatic N) is 5. The number of hydrogen-bond acceptors (Lipinski definition) is 9. The van der Waals surface area contributed by atoms with E-state index in [2.05, 4.69) is 25.3 Å². The van der Waals surface area contributed by atoms with E-state index in [1.807, 2.05) is 35.9 Å². The Hall–Kier alpha value is -3.53. The van der Waals surface area contributed by atoms with Crippen molar-refractivity contribution in [1.29, 1.82) is 0 Å². The van der Waals surface area contributed by atoms with Gasteiger partial charge in [0.2, 0.25) is 0 Å². The average molecular weight is 507 g/mol. The first-order valence-electron chi connectivity index (χ1n) is 13.1. The Kier molecular flexibility index (Phi) is 7.64. The van der Waals surface area contributed by atoms with Crippen molar-refractivity contribution < 1.29 is 19.1 Å². The number of ether oxygens (including phenoxy) is 2. The van der Waals surface area contributed by atoms with Crippen molar-refractivity contribution in [3.05, 3.63) is 42.4 Å². The third-order valence-electron chi connectivity index (χ3n) is 7.46. The standard InChI is InChI=1S/C27H34N6O4/c1-3-37-21-6-4-5-18(13-21)16-33-26-22(14-31-33)25(29-17-30-26)32-12-11-28-15-23(32)24(34)19-7-9-20(10-8-19)27(35)36-2/h4-6,13-14,17,19-20,23,28H,3,7-12,15-16H2,1-2H3. The third-order valence-corrected chi connectivity index (χ3v) is 7.46. The summed E-state index contributed by atoms with van der Waals surface area (Å²) in [6.45, 7) is 5.13. The predicted octanol–water partition coefficient (Wildman–Crippen LogP) is 2.60. The molecule has 10 heteroatoms. The van der Waals surface area contributed by atoms with Crippen molar-refractivity contribution in [2.75, 3.05) is 38.3 Å². The molecule has 37 heavy (non-hydrogen) atoms. The van der Waals surface area contributed by atoms with Crippen molar-refractivity contribution in [3.8, 4) is 5.75 Å². The van der Waals surface area contributed by atoms with E-state index in [-0.39, 0.29) is 29.6 Å². The van der Waals surface area contributed by atoms with Gasteiger partial charge < -0.3 is 19.7 Å². The molecule has 1 N–H and O–H groups in total. The van der Waals surface area contributed by atoms with E-state index < -0.39 is 0 Å². The molecule has 2 aliphatic rings. The van der Waals surface area contributed by atoms with Crippen LogP contribution < -0.4 is 15.0 Å². The minimum Gasteiger partial charge on any atom is -0.494 e. The minimum absolute atomic E-state index is 0.0639. The Balaban J connectivity index is 1.36. The number of Topliss-reactive ketones (excluding diaryl/α,β-unsaturated/α-hetero) is 1. The number of aromatic nitrogens is 4. The molecule has 196 valence electrons. The lowest BCUT2D eigenvalue weighted by Gasteiger charge is -2.39. The van der Waals surface area contributed by atoms with Crippen LogP contribution in [0.1, 0.15) is 38.2 Å². The van der Waals surface area contributed by atoms with Crippen LogP contribution in [-0.2, 0) is 20.9 Å². The quantitative estimate of drug-likeness (QED) is 0.461. The number of methoxy groups -OCH3 is 1. The molecule has 1 saturated heterocycles. The van der Waals surface area contributed by atoms with Gasteiger partial charge in [0.1, 0.15) is 23.9 Å². The van der Waals surface area contributed by atoms with Crippen LogP contribution in [0.5, 0.6) is 5.75 Å². The highest BCUT2D eigenvalue weighted by Gasteiger charge is 2.38. The Bertz CT molecular complexity index is 1250. The summed E-state index contributed by atoms with van der Waals surface area (Å²) < 4.78 is 12.4. The number of benzene rings is 1. The minimum atomic E-state index is -0.322. The molecule has 1 atom stereocenters. The number of ketones is 1. The lowest BCUT2D eigenvalue weighted by molar-refractivity contribution is -0.147. The summed E-state index contributed by atoms with van der Waals surface area (Å²) in [5, 5.41) is 8.83. The Morgan fingerprint density at radius 1 is 1.14 bits per heavy atom. The molecule has 3 heterocycles. The largest absolute Gasteiger partial charge is 0.494 e. The number of anilines is 1. The van der Waals surface area contributed by atoms with Crippen LogP contribution in [0.25, 0.3) is 11.0 Å². The molecule has 1 aliphatic carbocycles. The molecular weight excluding hydrogens is 472 g/mol. The van der Waals surface area contributed by atoms with E-state index in [0.717, 1.165) is 34.7 Å². The van der Waals surface area contributed by atoms with Crippen LogP contribution in [0.3, 0.4) is 0 Å². The van der Waals surface area contributed by atoms with Gasteiger partial charge in [-0.1, -0.05) is 12.1 Å². The molecule has 1 saturated carbocycles. The molecule has 0 bridgehead atoms. The molecule has 5 rings (SSSR count). The highest BCUT2D eigenvalue weighted by Crippen LogP contribution is 2.33. The maximum atomic E-state index is 13.7. The molecule has 10 nitrogen and oxygen atoms in total. The van der Waals surface area contributed by atoms with Gasteiger partial charge in [0, 0.05) is 25.6 Å². The molecule has 0 amide bonds. The topological polar surface area (TPSA) is 111 Å². The molecule has 2 fully saturated rings. The van der Waals surface area contributed by atoms with E-state index in [0.29, 0.717) is 51.9 Å². The van der Waals surface area contributed by atoms with E-state index in [1.165, 1.54) is 7.11 Å². The Morgan fingerprint density at radius 2 is 1.95 bits per heavy atom. The molecule has 0 spiro atoms. The number of fused-ring (bicyclic) bond motifs is 1. The van der Waals surface area contributed by atoms with Crippen LogP contribution in [0.15, 0.2) is 36.8 Å². The van der Waals surface area contributed by atoms with Crippen LogP contribution in [-0.4, -0.2) is 70.9 Å². The van der Waals surface area contributed by atoms with Crippen molar-refractivity contribution in [1.82, 2.24) is 25.1 Å². The van der Waals surface area contributed by atoms with Crippen LogP contribution in [0.4, 0.5) is 5.82 Å². The summed E-state index contributed by atoms with van der Waals surface area (Å²) in [5.74, 6) is 1.44. The number of carbonyl (C=O) groups is 2. The molecule has 2 aromatic heterocycles. The van der Waals surface area contributed by atoms with Gasteiger partial charge in [-0.25, -0.2) is 14.6 Å². The zero-order valence-corrected chi connectivity index (χ0v) is 21.4. The van der Waals surface area contributed by atoms with Crippen molar-refractivity contribution >= 4 is 28.6 Å². The van der Waals surface area contributed by atoms with Gasteiger partial charge in [-0.3, -0.25) is 9.59 Å². The number of esters is 1. The van der Waals surface area contributed by atoms with Gasteiger partial charge in [-0.15, -0.1) is 0 Å². The summed E-state index contributed by atoms with van der Waals surface area (Å²) in [6, 6.07) is 7.65. The fourth-order valence-electron chi connectivity index (χ4n) is 5.56. The summed E-state index contributed by atoms with van der Waals surface area (Å²) in [5.41, 5.74) is 1.80. The smallest absolute Gasteiger partial charge is 0.308 e. The zero-order valence-electron chi connectivity index (χ0n) is 21.4. The summed E-state index contributed by atoms with van der Waals surface area (Å²) >= 11 is 0. The lowest BCUT2D eigenvalue weighted by Crippen LogP contribution is -2.57. The second-order valence-electron chi connectivity index (χ2n) is 9.70. The van der Waals surface area contributed by atoms with Gasteiger partial charge >= 0.3 is 5.97 Å². The third kappa shape index (κ3) is 5.29. The monoisotopic (exact) mass is 506 g/mol. The summed E-state index contributed by atoms with van der Waals surface area (Å²) in [7, 11) is 1.42. The first-order chi connectivity index (χ1) is 18.1. The van der Waals surface area contributed by atoms with Gasteiger partial charge in [0.05, 0.1) is 37.8 Å². The number of piperazine rings is 1. The van der Waals surface area contributed by atoms with E-state index in [1.54, 1.807) is 12.5 Å². The van der Waals surface area contributed by atoms with Crippen LogP contribution >= 0.6 is 0 Å². The van der Waals surface area contributed by atoms with Gasteiger partial charge in [0.15, 0.2) is 11.4 Å². The SMILES string of the molecule is CCOc1cccc(Cn2ncc3c(N4CCNCC4C(=O)C4CCC(C(=O)OC)CC4)ncnc32)c1. The highest BCUT2D eigenvalue weighted by atomic mass is 16.5. The Labute approximate surface area is 216 Å². The first kappa shape index (κ1) is 25.1. The molecule has 1 aromatic carbocycles. The van der Waals surface area contributed by atoms with Gasteiger partial charge in [0.25, 0.3) is 0 Å². The second-order valence-corrected chi connectivity index (χ2v) is 9.70. The zero-order chi connectivity index (χ0) is 25.8. The van der Waals surface area contributed by atoms with E-state index in [9.17, 15) is 9.59 Å². The number of carbonyl (C=O) groups excluding carboxylic acids is 2. The highest BCUT2D eigenvalue weighted by molar-refractivity contribution is 5.94. The molecular formula is C27H34N6O4. The summed E-state index contributed by atoms with van der Waals surface area (Å²) in [6.07, 6.45) is 6.15. The predicted molar refractivity (Wildman–Crippen MR) is 139 cm³/mol. The second kappa shape index (κ2) is 11.2. The van der Waals surface area contributed by atoms with E-state index in [4.69, 9.17) is 9.47 Å². The molecule has 1 unspecified atom stereocenters. The fourth-order valence-corrected chi connectivity index (χ4v) is 5.56. The van der Waals surface area contributed by atoms with Crippen molar-refractivity contribution in [3.63, 3.8) is 0 Å². The summed E-state index contributed by atoms with van der Waals surface area (Å²) in [4.78, 5) is 36.8. The van der Waals surface area contributed by atoms with Crippen LogP contribution in [0, 0.1) is 11.8 Å². The number of hydrogen-bond donors (Lipinski definition) is 1. The van der Waals surface area contributed by atoms with Gasteiger partial charge in [-0.2, -0.15) is 5.10 Å².